The number of hydrogen-bond acceptors (Lipinski definition) is 4. The lowest BCUT2D eigenvalue weighted by Crippen LogP contribution is -2.13. The zero-order valence-electron chi connectivity index (χ0n) is 10.2. The standard InChI is InChI=1S/C12H19FN2O2/c1-3-8(16)4-5-15-11-7-12(17-2)9(13)6-10(11)14/h6-8,15-16H,3-5,14H2,1-2H3. The summed E-state index contributed by atoms with van der Waals surface area (Å²) in [6.07, 6.45) is 1.01. The van der Waals surface area contributed by atoms with Gasteiger partial charge in [0, 0.05) is 18.7 Å². The highest BCUT2D eigenvalue weighted by molar-refractivity contribution is 5.68. The van der Waals surface area contributed by atoms with Crippen molar-refractivity contribution in [2.45, 2.75) is 25.9 Å². The highest BCUT2D eigenvalue weighted by Gasteiger charge is 2.08. The van der Waals surface area contributed by atoms with Crippen LogP contribution in [0.2, 0.25) is 0 Å². The Bertz CT molecular complexity index is 372. The predicted molar refractivity (Wildman–Crippen MR) is 66.8 cm³/mol. The number of aliphatic hydroxyl groups is 1. The Morgan fingerprint density at radius 3 is 2.82 bits per heavy atom. The summed E-state index contributed by atoms with van der Waals surface area (Å²) < 4.78 is 18.1. The van der Waals surface area contributed by atoms with E-state index in [1.807, 2.05) is 6.92 Å². The molecule has 5 heteroatoms. The van der Waals surface area contributed by atoms with Gasteiger partial charge in [-0.3, -0.25) is 0 Å². The third-order valence-corrected chi connectivity index (χ3v) is 2.59. The Kier molecular flexibility index (Phi) is 5.03. The molecule has 1 aromatic carbocycles. The summed E-state index contributed by atoms with van der Waals surface area (Å²) in [7, 11) is 1.40. The van der Waals surface area contributed by atoms with Gasteiger partial charge in [-0.25, -0.2) is 4.39 Å². The SMILES string of the molecule is CCC(O)CCNc1cc(OC)c(F)cc1N. The predicted octanol–water partition coefficient (Wildman–Crippen LogP) is 1.99. The quantitative estimate of drug-likeness (QED) is 0.667. The lowest BCUT2D eigenvalue weighted by Gasteiger charge is -2.13. The first-order valence-corrected chi connectivity index (χ1v) is 5.63. The van der Waals surface area contributed by atoms with Gasteiger partial charge < -0.3 is 20.9 Å². The molecule has 4 N–H and O–H groups in total. The van der Waals surface area contributed by atoms with Crippen molar-refractivity contribution in [1.82, 2.24) is 0 Å². The second-order valence-corrected chi connectivity index (χ2v) is 3.85. The van der Waals surface area contributed by atoms with E-state index in [0.717, 1.165) is 0 Å². The summed E-state index contributed by atoms with van der Waals surface area (Å²) in [5, 5.41) is 12.4. The first-order valence-electron chi connectivity index (χ1n) is 5.63. The van der Waals surface area contributed by atoms with Crippen LogP contribution in [-0.2, 0) is 0 Å². The van der Waals surface area contributed by atoms with Gasteiger partial charge in [-0.05, 0) is 12.8 Å². The van der Waals surface area contributed by atoms with Crippen LogP contribution < -0.4 is 15.8 Å². The molecule has 0 amide bonds. The molecule has 0 aliphatic rings. The molecular weight excluding hydrogens is 223 g/mol. The molecule has 1 rings (SSSR count). The molecule has 0 aliphatic heterocycles. The number of nitrogens with one attached hydrogen (secondary N) is 1. The van der Waals surface area contributed by atoms with E-state index in [-0.39, 0.29) is 11.9 Å². The minimum atomic E-state index is -0.482. The number of rotatable bonds is 6. The molecule has 0 saturated heterocycles. The number of halogens is 1. The van der Waals surface area contributed by atoms with Crippen molar-refractivity contribution >= 4 is 11.4 Å². The number of hydrogen-bond donors (Lipinski definition) is 3. The Balaban J connectivity index is 2.64. The Morgan fingerprint density at radius 2 is 2.24 bits per heavy atom. The van der Waals surface area contributed by atoms with E-state index in [2.05, 4.69) is 5.32 Å². The molecule has 1 unspecified atom stereocenters. The molecule has 17 heavy (non-hydrogen) atoms. The van der Waals surface area contributed by atoms with E-state index >= 15 is 0 Å². The van der Waals surface area contributed by atoms with Crippen LogP contribution in [0, 0.1) is 5.82 Å². The molecule has 0 aliphatic carbocycles. The zero-order valence-corrected chi connectivity index (χ0v) is 10.2. The molecule has 0 spiro atoms. The van der Waals surface area contributed by atoms with E-state index in [4.69, 9.17) is 10.5 Å². The van der Waals surface area contributed by atoms with Gasteiger partial charge in [0.05, 0.1) is 24.6 Å². The van der Waals surface area contributed by atoms with Gasteiger partial charge in [0.15, 0.2) is 11.6 Å². The van der Waals surface area contributed by atoms with Gasteiger partial charge in [0.25, 0.3) is 0 Å². The molecular formula is C12H19FN2O2. The normalized spacial score (nSPS) is 12.2. The topological polar surface area (TPSA) is 67.5 Å². The minimum absolute atomic E-state index is 0.151. The van der Waals surface area contributed by atoms with Crippen LogP contribution in [-0.4, -0.2) is 24.9 Å². The fraction of sp³-hybridized carbons (Fsp3) is 0.500. The second-order valence-electron chi connectivity index (χ2n) is 3.85. The third-order valence-electron chi connectivity index (χ3n) is 2.59. The highest BCUT2D eigenvalue weighted by Crippen LogP contribution is 2.27. The van der Waals surface area contributed by atoms with Gasteiger partial charge in [-0.2, -0.15) is 0 Å². The van der Waals surface area contributed by atoms with Crippen LogP contribution >= 0.6 is 0 Å². The van der Waals surface area contributed by atoms with Crippen LogP contribution in [0.15, 0.2) is 12.1 Å². The van der Waals surface area contributed by atoms with E-state index < -0.39 is 5.82 Å². The van der Waals surface area contributed by atoms with Crippen LogP contribution in [0.25, 0.3) is 0 Å². The number of anilines is 2. The monoisotopic (exact) mass is 242 g/mol. The summed E-state index contributed by atoms with van der Waals surface area (Å²) in [6, 6.07) is 2.74. The molecule has 0 heterocycles. The first kappa shape index (κ1) is 13.6. The lowest BCUT2D eigenvalue weighted by molar-refractivity contribution is 0.164. The van der Waals surface area contributed by atoms with Crippen molar-refractivity contribution < 1.29 is 14.2 Å². The van der Waals surface area contributed by atoms with Gasteiger partial charge >= 0.3 is 0 Å². The van der Waals surface area contributed by atoms with Crippen LogP contribution in [0.3, 0.4) is 0 Å². The van der Waals surface area contributed by atoms with E-state index in [9.17, 15) is 9.50 Å². The number of ether oxygens (including phenoxy) is 1. The molecule has 0 radical (unpaired) electrons. The van der Waals surface area contributed by atoms with Crippen molar-refractivity contribution in [1.29, 1.82) is 0 Å². The second kappa shape index (κ2) is 6.30. The molecule has 4 nitrogen and oxygen atoms in total. The number of nitrogen functional groups attached to an aromatic ring is 1. The Labute approximate surface area is 101 Å². The number of nitrogens with two attached hydrogens (primary N) is 1. The Morgan fingerprint density at radius 1 is 1.53 bits per heavy atom. The maximum atomic E-state index is 13.3. The Hall–Kier alpha value is -1.49. The van der Waals surface area contributed by atoms with E-state index in [0.29, 0.717) is 30.8 Å². The highest BCUT2D eigenvalue weighted by atomic mass is 19.1. The molecule has 0 saturated carbocycles. The molecule has 0 aromatic heterocycles. The van der Waals surface area contributed by atoms with Crippen molar-refractivity contribution in [2.75, 3.05) is 24.7 Å². The molecule has 1 atom stereocenters. The fourth-order valence-corrected chi connectivity index (χ4v) is 1.46. The van der Waals surface area contributed by atoms with Crippen LogP contribution in [0.4, 0.5) is 15.8 Å². The van der Waals surface area contributed by atoms with Crippen LogP contribution in [0.1, 0.15) is 19.8 Å². The van der Waals surface area contributed by atoms with E-state index in [1.165, 1.54) is 19.2 Å². The van der Waals surface area contributed by atoms with Crippen molar-refractivity contribution in [3.05, 3.63) is 17.9 Å². The smallest absolute Gasteiger partial charge is 0.167 e. The van der Waals surface area contributed by atoms with Crippen molar-refractivity contribution in [2.24, 2.45) is 0 Å². The molecule has 0 bridgehead atoms. The summed E-state index contributed by atoms with van der Waals surface area (Å²) in [5.74, 6) is -0.332. The fourth-order valence-electron chi connectivity index (χ4n) is 1.46. The lowest BCUT2D eigenvalue weighted by atomic mass is 10.2. The van der Waals surface area contributed by atoms with Gasteiger partial charge in [-0.15, -0.1) is 0 Å². The average molecular weight is 242 g/mol. The molecule has 96 valence electrons. The maximum Gasteiger partial charge on any atom is 0.167 e. The summed E-state index contributed by atoms with van der Waals surface area (Å²) in [6.45, 7) is 2.49. The summed E-state index contributed by atoms with van der Waals surface area (Å²) >= 11 is 0. The third kappa shape index (κ3) is 3.78. The number of aliphatic hydroxyl groups excluding tert-OH is 1. The number of methoxy groups -OCH3 is 1. The van der Waals surface area contributed by atoms with Gasteiger partial charge in [0.2, 0.25) is 0 Å². The number of benzene rings is 1. The maximum absolute atomic E-state index is 13.3. The molecule has 1 aromatic rings. The average Bonchev–Trinajstić information content (AvgIpc) is 2.31. The first-order chi connectivity index (χ1) is 8.08. The van der Waals surface area contributed by atoms with Gasteiger partial charge in [0.1, 0.15) is 0 Å². The zero-order chi connectivity index (χ0) is 12.8. The largest absolute Gasteiger partial charge is 0.494 e. The van der Waals surface area contributed by atoms with Crippen molar-refractivity contribution in [3.63, 3.8) is 0 Å². The summed E-state index contributed by atoms with van der Waals surface area (Å²) in [5.41, 5.74) is 6.62. The van der Waals surface area contributed by atoms with Crippen LogP contribution in [0.5, 0.6) is 5.75 Å². The summed E-state index contributed by atoms with van der Waals surface area (Å²) in [4.78, 5) is 0. The minimum Gasteiger partial charge on any atom is -0.494 e. The van der Waals surface area contributed by atoms with Gasteiger partial charge in [-0.1, -0.05) is 6.92 Å². The molecule has 0 fully saturated rings. The van der Waals surface area contributed by atoms with Crippen molar-refractivity contribution in [3.8, 4) is 5.75 Å². The van der Waals surface area contributed by atoms with E-state index in [1.54, 1.807) is 0 Å².